The highest BCUT2D eigenvalue weighted by Gasteiger charge is 2.27. The summed E-state index contributed by atoms with van der Waals surface area (Å²) in [5.74, 6) is -1.05. The summed E-state index contributed by atoms with van der Waals surface area (Å²) in [5.41, 5.74) is 9.63. The summed E-state index contributed by atoms with van der Waals surface area (Å²) < 4.78 is 31.1. The van der Waals surface area contributed by atoms with Crippen molar-refractivity contribution >= 4 is 11.6 Å². The van der Waals surface area contributed by atoms with E-state index >= 15 is 0 Å². The molecule has 1 atom stereocenters. The van der Waals surface area contributed by atoms with Gasteiger partial charge >= 0.3 is 0 Å². The Morgan fingerprint density at radius 2 is 1.78 bits per heavy atom. The van der Waals surface area contributed by atoms with Gasteiger partial charge in [0.05, 0.1) is 17.4 Å². The summed E-state index contributed by atoms with van der Waals surface area (Å²) in [4.78, 5) is 13.3. The molecule has 0 aliphatic heterocycles. The molecule has 1 aliphatic carbocycles. The largest absolute Gasteiger partial charge is 0.326 e. The molecule has 1 heterocycles. The molecule has 0 spiro atoms. The Morgan fingerprint density at radius 3 is 2.51 bits per heavy atom. The number of carbonyl (C=O) groups excluding carboxylic acids is 1. The summed E-state index contributed by atoms with van der Waals surface area (Å²) >= 11 is 0. The number of hydrogen-bond acceptors (Lipinski definition) is 4. The van der Waals surface area contributed by atoms with Gasteiger partial charge in [0.25, 0.3) is 5.91 Å². The smallest absolute Gasteiger partial charge is 0.274 e. The Labute approximate surface area is 214 Å². The summed E-state index contributed by atoms with van der Waals surface area (Å²) in [7, 11) is 0. The Hall–Kier alpha value is -3.88. The number of halogens is 2. The number of aromatic nitrogens is 2. The first-order valence-corrected chi connectivity index (χ1v) is 12.4. The highest BCUT2D eigenvalue weighted by molar-refractivity contribution is 6.03. The van der Waals surface area contributed by atoms with Crippen molar-refractivity contribution in [2.45, 2.75) is 32.4 Å². The molecule has 37 heavy (non-hydrogen) atoms. The second kappa shape index (κ2) is 10.6. The van der Waals surface area contributed by atoms with Crippen molar-refractivity contribution < 1.29 is 13.6 Å². The Balaban J connectivity index is 1.43. The van der Waals surface area contributed by atoms with Gasteiger partial charge in [0.15, 0.2) is 0 Å². The van der Waals surface area contributed by atoms with Crippen LogP contribution in [0.4, 0.5) is 14.5 Å². The van der Waals surface area contributed by atoms with E-state index in [2.05, 4.69) is 15.7 Å². The Bertz CT molecular complexity index is 1410. The molecule has 6 nitrogen and oxygen atoms in total. The molecule has 3 aromatic carbocycles. The standard InChI is InChI=1S/C29H29F2N5O/c1-18-13-26(36(35-18)23-8-2-5-20(14-23)16-32)29(37)34-22-7-3-6-21(15-22)28(33-17-19-11-12-19)27-24(30)9-4-10-25(27)31/h2-10,13-15,19,28,33H,11-12,16-17,32H2,1H3,(H,34,37). The molecule has 1 aromatic heterocycles. The molecular weight excluding hydrogens is 472 g/mol. The number of benzene rings is 3. The van der Waals surface area contributed by atoms with Gasteiger partial charge in [-0.1, -0.05) is 30.3 Å². The van der Waals surface area contributed by atoms with Crippen molar-refractivity contribution in [1.82, 2.24) is 15.1 Å². The number of anilines is 1. The van der Waals surface area contributed by atoms with Crippen molar-refractivity contribution in [1.29, 1.82) is 0 Å². The third-order valence-corrected chi connectivity index (χ3v) is 6.53. The van der Waals surface area contributed by atoms with Crippen LogP contribution in [0.5, 0.6) is 0 Å². The molecule has 0 radical (unpaired) electrons. The highest BCUT2D eigenvalue weighted by Crippen LogP contribution is 2.32. The number of aryl methyl sites for hydroxylation is 1. The Kier molecular flexibility index (Phi) is 7.12. The molecular formula is C29H29F2N5O. The summed E-state index contributed by atoms with van der Waals surface area (Å²) in [6, 6.07) is 19.5. The van der Waals surface area contributed by atoms with Gasteiger partial charge in [-0.2, -0.15) is 5.10 Å². The lowest BCUT2D eigenvalue weighted by atomic mass is 9.96. The van der Waals surface area contributed by atoms with Gasteiger partial charge in [0, 0.05) is 17.8 Å². The fourth-order valence-electron chi connectivity index (χ4n) is 4.44. The minimum atomic E-state index is -0.689. The van der Waals surface area contributed by atoms with Crippen LogP contribution in [-0.2, 0) is 6.54 Å². The van der Waals surface area contributed by atoms with E-state index in [9.17, 15) is 13.6 Å². The Morgan fingerprint density at radius 1 is 1.05 bits per heavy atom. The first kappa shape index (κ1) is 24.8. The van der Waals surface area contributed by atoms with Gasteiger partial charge in [0.2, 0.25) is 0 Å². The highest BCUT2D eigenvalue weighted by atomic mass is 19.1. The average molecular weight is 502 g/mol. The van der Waals surface area contributed by atoms with Gasteiger partial charge in [-0.3, -0.25) is 4.79 Å². The number of nitrogens with two attached hydrogens (primary N) is 1. The molecule has 8 heteroatoms. The van der Waals surface area contributed by atoms with Crippen LogP contribution in [0.2, 0.25) is 0 Å². The van der Waals surface area contributed by atoms with E-state index in [0.717, 1.165) is 24.1 Å². The second-order valence-corrected chi connectivity index (χ2v) is 9.46. The zero-order chi connectivity index (χ0) is 25.9. The number of amides is 1. The third-order valence-electron chi connectivity index (χ3n) is 6.53. The lowest BCUT2D eigenvalue weighted by Crippen LogP contribution is -2.26. The number of nitrogens with one attached hydrogen (secondary N) is 2. The van der Waals surface area contributed by atoms with E-state index in [1.807, 2.05) is 31.2 Å². The van der Waals surface area contributed by atoms with E-state index in [0.29, 0.717) is 41.6 Å². The van der Waals surface area contributed by atoms with Crippen LogP contribution < -0.4 is 16.4 Å². The van der Waals surface area contributed by atoms with Crippen LogP contribution in [0.1, 0.15) is 51.8 Å². The minimum absolute atomic E-state index is 0.0277. The van der Waals surface area contributed by atoms with Crippen molar-refractivity contribution in [3.8, 4) is 5.69 Å². The van der Waals surface area contributed by atoms with Crippen LogP contribution in [0.3, 0.4) is 0 Å². The maximum atomic E-state index is 14.8. The fraction of sp³-hybridized carbons (Fsp3) is 0.241. The first-order chi connectivity index (χ1) is 17.9. The van der Waals surface area contributed by atoms with Crippen LogP contribution >= 0.6 is 0 Å². The SMILES string of the molecule is Cc1cc(C(=O)Nc2cccc(C(NCC3CC3)c3c(F)cccc3F)c2)n(-c2cccc(CN)c2)n1. The molecule has 5 rings (SSSR count). The van der Waals surface area contributed by atoms with Crippen LogP contribution in [-0.4, -0.2) is 22.2 Å². The van der Waals surface area contributed by atoms with Gasteiger partial charge in [-0.05, 0) is 85.8 Å². The van der Waals surface area contributed by atoms with Crippen LogP contribution in [0.25, 0.3) is 5.69 Å². The van der Waals surface area contributed by atoms with Crippen molar-refractivity contribution in [3.63, 3.8) is 0 Å². The predicted octanol–water partition coefficient (Wildman–Crippen LogP) is 5.26. The van der Waals surface area contributed by atoms with Crippen LogP contribution in [0.15, 0.2) is 72.8 Å². The lowest BCUT2D eigenvalue weighted by Gasteiger charge is -2.22. The van der Waals surface area contributed by atoms with Crippen molar-refractivity contribution in [3.05, 3.63) is 113 Å². The zero-order valence-corrected chi connectivity index (χ0v) is 20.5. The molecule has 0 saturated heterocycles. The second-order valence-electron chi connectivity index (χ2n) is 9.46. The zero-order valence-electron chi connectivity index (χ0n) is 20.5. The fourth-order valence-corrected chi connectivity index (χ4v) is 4.44. The molecule has 4 aromatic rings. The molecule has 0 bridgehead atoms. The molecule has 4 N–H and O–H groups in total. The van der Waals surface area contributed by atoms with Gasteiger partial charge < -0.3 is 16.4 Å². The van der Waals surface area contributed by atoms with Crippen LogP contribution in [0, 0.1) is 24.5 Å². The molecule has 1 fully saturated rings. The van der Waals surface area contributed by atoms with Gasteiger partial charge in [-0.25, -0.2) is 13.5 Å². The maximum Gasteiger partial charge on any atom is 0.274 e. The molecule has 1 amide bonds. The quantitative estimate of drug-likeness (QED) is 0.292. The minimum Gasteiger partial charge on any atom is -0.326 e. The lowest BCUT2D eigenvalue weighted by molar-refractivity contribution is 0.101. The van der Waals surface area contributed by atoms with Gasteiger partial charge in [0.1, 0.15) is 17.3 Å². The monoisotopic (exact) mass is 501 g/mol. The van der Waals surface area contributed by atoms with Crippen molar-refractivity contribution in [2.75, 3.05) is 11.9 Å². The molecule has 1 unspecified atom stereocenters. The van der Waals surface area contributed by atoms with E-state index in [1.54, 1.807) is 35.0 Å². The number of hydrogen-bond donors (Lipinski definition) is 3. The molecule has 190 valence electrons. The molecule has 1 saturated carbocycles. The number of rotatable bonds is 9. The summed E-state index contributed by atoms with van der Waals surface area (Å²) in [6.45, 7) is 2.86. The molecule has 1 aliphatic rings. The van der Waals surface area contributed by atoms with E-state index in [-0.39, 0.29) is 11.5 Å². The van der Waals surface area contributed by atoms with E-state index < -0.39 is 17.7 Å². The normalized spacial score (nSPS) is 13.9. The predicted molar refractivity (Wildman–Crippen MR) is 140 cm³/mol. The number of nitrogens with zero attached hydrogens (tertiary/aromatic N) is 2. The summed E-state index contributed by atoms with van der Waals surface area (Å²) in [5, 5.41) is 10.8. The summed E-state index contributed by atoms with van der Waals surface area (Å²) in [6.07, 6.45) is 2.22. The van der Waals surface area contributed by atoms with Crippen molar-refractivity contribution in [2.24, 2.45) is 11.7 Å². The topological polar surface area (TPSA) is 85.0 Å². The van der Waals surface area contributed by atoms with E-state index in [1.165, 1.54) is 18.2 Å². The number of carbonyl (C=O) groups is 1. The first-order valence-electron chi connectivity index (χ1n) is 12.4. The maximum absolute atomic E-state index is 14.8. The van der Waals surface area contributed by atoms with E-state index in [4.69, 9.17) is 5.73 Å². The van der Waals surface area contributed by atoms with Gasteiger partial charge in [-0.15, -0.1) is 0 Å². The average Bonchev–Trinajstić information content (AvgIpc) is 3.64. The third kappa shape index (κ3) is 5.60.